The molecule has 0 spiro atoms. The first kappa shape index (κ1) is 14.4. The predicted octanol–water partition coefficient (Wildman–Crippen LogP) is 1.46. The van der Waals surface area contributed by atoms with Crippen LogP contribution in [0.1, 0.15) is 13.3 Å². The summed E-state index contributed by atoms with van der Waals surface area (Å²) in [5.74, 6) is -2.05. The van der Waals surface area contributed by atoms with Crippen LogP contribution in [0.3, 0.4) is 0 Å². The van der Waals surface area contributed by atoms with Crippen LogP contribution in [0.2, 0.25) is 0 Å². The molecular formula is C11H14FNO4S. The molecule has 0 saturated carbocycles. The minimum absolute atomic E-state index is 0.124. The average molecular weight is 275 g/mol. The van der Waals surface area contributed by atoms with Crippen molar-refractivity contribution in [3.8, 4) is 0 Å². The quantitative estimate of drug-likeness (QED) is 0.852. The zero-order chi connectivity index (χ0) is 13.8. The van der Waals surface area contributed by atoms with Crippen LogP contribution in [0.4, 0.5) is 10.1 Å². The fourth-order valence-corrected chi connectivity index (χ4v) is 2.55. The molecule has 0 saturated heterocycles. The van der Waals surface area contributed by atoms with E-state index >= 15 is 0 Å². The average Bonchev–Trinajstić information content (AvgIpc) is 2.31. The Morgan fingerprint density at radius 2 is 2.00 bits per heavy atom. The van der Waals surface area contributed by atoms with Gasteiger partial charge in [0.2, 0.25) is 10.0 Å². The van der Waals surface area contributed by atoms with Gasteiger partial charge in [0.1, 0.15) is 5.82 Å². The molecule has 7 heteroatoms. The Hall–Kier alpha value is -1.63. The van der Waals surface area contributed by atoms with E-state index in [1.807, 2.05) is 0 Å². The van der Waals surface area contributed by atoms with Crippen molar-refractivity contribution in [3.63, 3.8) is 0 Å². The molecule has 0 amide bonds. The van der Waals surface area contributed by atoms with Gasteiger partial charge < -0.3 is 5.11 Å². The molecule has 0 atom stereocenters. The fourth-order valence-electron chi connectivity index (χ4n) is 1.42. The number of rotatable bonds is 6. The normalized spacial score (nSPS) is 11.2. The number of carboxylic acid groups (broad SMARTS) is 1. The van der Waals surface area contributed by atoms with E-state index in [2.05, 4.69) is 0 Å². The summed E-state index contributed by atoms with van der Waals surface area (Å²) in [5.41, 5.74) is -0.124. The highest BCUT2D eigenvalue weighted by atomic mass is 32.2. The number of benzene rings is 1. The van der Waals surface area contributed by atoms with Crippen molar-refractivity contribution in [1.29, 1.82) is 0 Å². The molecule has 0 radical (unpaired) electrons. The molecule has 1 N–H and O–H groups in total. The lowest BCUT2D eigenvalue weighted by Gasteiger charge is -2.23. The van der Waals surface area contributed by atoms with Crippen LogP contribution >= 0.6 is 0 Å². The van der Waals surface area contributed by atoms with Crippen LogP contribution in [-0.4, -0.2) is 31.8 Å². The van der Waals surface area contributed by atoms with Gasteiger partial charge in [-0.25, -0.2) is 12.8 Å². The molecule has 0 heterocycles. The summed E-state index contributed by atoms with van der Waals surface area (Å²) < 4.78 is 38.0. The van der Waals surface area contributed by atoms with Crippen molar-refractivity contribution < 1.29 is 22.7 Å². The minimum Gasteiger partial charge on any atom is -0.481 e. The molecule has 1 aromatic rings. The van der Waals surface area contributed by atoms with Crippen molar-refractivity contribution in [2.75, 3.05) is 16.6 Å². The lowest BCUT2D eigenvalue weighted by Crippen LogP contribution is -2.34. The van der Waals surface area contributed by atoms with Crippen molar-refractivity contribution in [1.82, 2.24) is 0 Å². The summed E-state index contributed by atoms with van der Waals surface area (Å²) in [7, 11) is -3.70. The third-order valence-corrected chi connectivity index (χ3v) is 4.13. The third kappa shape index (κ3) is 3.43. The van der Waals surface area contributed by atoms with Gasteiger partial charge in [-0.2, -0.15) is 0 Å². The van der Waals surface area contributed by atoms with Gasteiger partial charge in [0.25, 0.3) is 0 Å². The van der Waals surface area contributed by atoms with Crippen molar-refractivity contribution in [2.45, 2.75) is 13.3 Å². The molecule has 100 valence electrons. The Morgan fingerprint density at radius 3 is 2.50 bits per heavy atom. The highest BCUT2D eigenvalue weighted by Crippen LogP contribution is 2.22. The number of anilines is 1. The van der Waals surface area contributed by atoms with Gasteiger partial charge >= 0.3 is 5.97 Å². The Morgan fingerprint density at radius 1 is 1.39 bits per heavy atom. The number of halogens is 1. The number of para-hydroxylation sites is 1. The molecule has 0 bridgehead atoms. The maximum absolute atomic E-state index is 13.6. The van der Waals surface area contributed by atoms with Crippen molar-refractivity contribution in [3.05, 3.63) is 30.1 Å². The maximum Gasteiger partial charge on any atom is 0.305 e. The Balaban J connectivity index is 3.13. The lowest BCUT2D eigenvalue weighted by molar-refractivity contribution is -0.136. The summed E-state index contributed by atoms with van der Waals surface area (Å²) in [6.07, 6.45) is -0.381. The fraction of sp³-hybridized carbons (Fsp3) is 0.364. The number of hydrogen-bond donors (Lipinski definition) is 1. The van der Waals surface area contributed by atoms with Crippen LogP contribution in [0.25, 0.3) is 0 Å². The van der Waals surface area contributed by atoms with Crippen LogP contribution in [0, 0.1) is 5.82 Å². The van der Waals surface area contributed by atoms with Gasteiger partial charge in [-0.1, -0.05) is 12.1 Å². The SMILES string of the molecule is CCS(=O)(=O)N(CCC(=O)O)c1ccccc1F. The van der Waals surface area contributed by atoms with E-state index in [1.54, 1.807) is 0 Å². The zero-order valence-electron chi connectivity index (χ0n) is 9.84. The van der Waals surface area contributed by atoms with Crippen LogP contribution < -0.4 is 4.31 Å². The van der Waals surface area contributed by atoms with Gasteiger partial charge in [-0.3, -0.25) is 9.10 Å². The van der Waals surface area contributed by atoms with E-state index in [0.29, 0.717) is 0 Å². The molecule has 0 aliphatic carbocycles. The van der Waals surface area contributed by atoms with Crippen LogP contribution in [0.5, 0.6) is 0 Å². The van der Waals surface area contributed by atoms with Gasteiger partial charge in [-0.15, -0.1) is 0 Å². The third-order valence-electron chi connectivity index (χ3n) is 2.35. The van der Waals surface area contributed by atoms with E-state index in [9.17, 15) is 17.6 Å². The second-order valence-corrected chi connectivity index (χ2v) is 5.75. The summed E-state index contributed by atoms with van der Waals surface area (Å²) in [4.78, 5) is 10.5. The number of carbonyl (C=O) groups is 1. The van der Waals surface area contributed by atoms with E-state index in [1.165, 1.54) is 25.1 Å². The standard InChI is InChI=1S/C11H14FNO4S/c1-2-18(16,17)13(8-7-11(14)15)10-6-4-3-5-9(10)12/h3-6H,2,7-8H2,1H3,(H,14,15). The topological polar surface area (TPSA) is 74.7 Å². The van der Waals surface area contributed by atoms with E-state index in [0.717, 1.165) is 10.4 Å². The lowest BCUT2D eigenvalue weighted by atomic mass is 10.3. The first-order valence-corrected chi connectivity index (χ1v) is 6.96. The first-order chi connectivity index (χ1) is 8.38. The molecule has 0 aromatic heterocycles. The number of aliphatic carboxylic acids is 1. The number of nitrogens with zero attached hydrogens (tertiary/aromatic N) is 1. The molecular weight excluding hydrogens is 261 g/mol. The first-order valence-electron chi connectivity index (χ1n) is 5.35. The molecule has 1 rings (SSSR count). The molecule has 0 unspecified atom stereocenters. The van der Waals surface area contributed by atoms with Gasteiger partial charge in [0.05, 0.1) is 17.9 Å². The summed E-state index contributed by atoms with van der Waals surface area (Å²) in [6.45, 7) is 1.14. The minimum atomic E-state index is -3.70. The van der Waals surface area contributed by atoms with E-state index in [4.69, 9.17) is 5.11 Å². The summed E-state index contributed by atoms with van der Waals surface area (Å²) in [5, 5.41) is 8.60. The van der Waals surface area contributed by atoms with Gasteiger partial charge in [0.15, 0.2) is 0 Å². The summed E-state index contributed by atoms with van der Waals surface area (Å²) in [6, 6.07) is 5.38. The Labute approximate surface area is 105 Å². The monoisotopic (exact) mass is 275 g/mol. The molecule has 18 heavy (non-hydrogen) atoms. The number of carboxylic acids is 1. The highest BCUT2D eigenvalue weighted by Gasteiger charge is 2.23. The maximum atomic E-state index is 13.6. The predicted molar refractivity (Wildman–Crippen MR) is 65.5 cm³/mol. The number of hydrogen-bond acceptors (Lipinski definition) is 3. The largest absolute Gasteiger partial charge is 0.481 e. The number of sulfonamides is 1. The second-order valence-electron chi connectivity index (χ2n) is 3.57. The molecule has 0 aliphatic heterocycles. The Kier molecular flexibility index (Phi) is 4.66. The highest BCUT2D eigenvalue weighted by molar-refractivity contribution is 7.92. The molecule has 0 aliphatic rings. The van der Waals surface area contributed by atoms with Crippen LogP contribution in [0.15, 0.2) is 24.3 Å². The van der Waals surface area contributed by atoms with Gasteiger partial charge in [0, 0.05) is 6.54 Å². The molecule has 1 aromatic carbocycles. The smallest absolute Gasteiger partial charge is 0.305 e. The molecule has 0 fully saturated rings. The zero-order valence-corrected chi connectivity index (χ0v) is 10.7. The van der Waals surface area contributed by atoms with Gasteiger partial charge in [-0.05, 0) is 19.1 Å². The van der Waals surface area contributed by atoms with Crippen molar-refractivity contribution in [2.24, 2.45) is 0 Å². The summed E-state index contributed by atoms with van der Waals surface area (Å²) >= 11 is 0. The van der Waals surface area contributed by atoms with Crippen molar-refractivity contribution >= 4 is 21.7 Å². The molecule has 5 nitrogen and oxygen atoms in total. The van der Waals surface area contributed by atoms with E-state index in [-0.39, 0.29) is 24.4 Å². The second kappa shape index (κ2) is 5.81. The van der Waals surface area contributed by atoms with E-state index < -0.39 is 21.8 Å². The van der Waals surface area contributed by atoms with Crippen LogP contribution in [-0.2, 0) is 14.8 Å². The Bertz CT molecular complexity index is 530.